The Labute approximate surface area is 122 Å². The van der Waals surface area contributed by atoms with Crippen molar-refractivity contribution in [2.24, 2.45) is 0 Å². The molecule has 0 aliphatic carbocycles. The molecule has 1 nitrogen and oxygen atoms in total. The molecule has 2 rings (SSSR count). The molecule has 0 bridgehead atoms. The summed E-state index contributed by atoms with van der Waals surface area (Å²) in [7, 11) is 0. The van der Waals surface area contributed by atoms with Crippen molar-refractivity contribution in [3.05, 3.63) is 36.0 Å². The number of hydrogen-bond donors (Lipinski definition) is 0. The second-order valence-corrected chi connectivity index (χ2v) is 6.36. The molecule has 18 heavy (non-hydrogen) atoms. The summed E-state index contributed by atoms with van der Waals surface area (Å²) in [5.74, 6) is 1.19. The number of benzene rings is 1. The van der Waals surface area contributed by atoms with Gasteiger partial charge in [-0.15, -0.1) is 11.8 Å². The zero-order valence-electron chi connectivity index (χ0n) is 10.7. The van der Waals surface area contributed by atoms with E-state index in [9.17, 15) is 0 Å². The Morgan fingerprint density at radius 1 is 1.17 bits per heavy atom. The number of rotatable bonds is 6. The number of halogens is 1. The molecule has 3 heteroatoms. The van der Waals surface area contributed by atoms with Crippen LogP contribution in [-0.2, 0) is 0 Å². The molecule has 0 spiro atoms. The summed E-state index contributed by atoms with van der Waals surface area (Å²) in [4.78, 5) is 5.80. The molecule has 1 aromatic carbocycles. The van der Waals surface area contributed by atoms with Crippen LogP contribution in [0.25, 0.3) is 10.9 Å². The van der Waals surface area contributed by atoms with Crippen molar-refractivity contribution in [2.75, 3.05) is 11.1 Å². The van der Waals surface area contributed by atoms with E-state index in [2.05, 4.69) is 52.1 Å². The molecule has 0 fully saturated rings. The number of nitrogens with zero attached hydrogens (tertiary/aromatic N) is 1. The molecule has 0 amide bonds. The third-order valence-corrected chi connectivity index (χ3v) is 4.61. The van der Waals surface area contributed by atoms with E-state index < -0.39 is 0 Å². The smallest absolute Gasteiger partial charge is 0.0715 e. The van der Waals surface area contributed by atoms with Gasteiger partial charge in [0.05, 0.1) is 5.52 Å². The van der Waals surface area contributed by atoms with Crippen LogP contribution in [0.5, 0.6) is 0 Å². The van der Waals surface area contributed by atoms with Gasteiger partial charge < -0.3 is 0 Å². The maximum atomic E-state index is 4.44. The zero-order chi connectivity index (χ0) is 12.8. The first-order valence-electron chi connectivity index (χ1n) is 6.35. The van der Waals surface area contributed by atoms with Crippen LogP contribution >= 0.6 is 27.7 Å². The number of aromatic nitrogens is 1. The largest absolute Gasteiger partial charge is 0.256 e. The molecule has 0 N–H and O–H groups in total. The van der Waals surface area contributed by atoms with E-state index in [0.717, 1.165) is 10.8 Å². The fourth-order valence-electron chi connectivity index (χ4n) is 1.91. The van der Waals surface area contributed by atoms with Crippen molar-refractivity contribution < 1.29 is 0 Å². The molecule has 2 aromatic rings. The third-order valence-electron chi connectivity index (χ3n) is 2.89. The first kappa shape index (κ1) is 13.9. The first-order valence-corrected chi connectivity index (χ1v) is 8.46. The summed E-state index contributed by atoms with van der Waals surface area (Å²) < 4.78 is 0. The topological polar surface area (TPSA) is 12.9 Å². The highest BCUT2D eigenvalue weighted by atomic mass is 79.9. The van der Waals surface area contributed by atoms with E-state index in [1.807, 2.05) is 18.0 Å². The number of alkyl halides is 1. The van der Waals surface area contributed by atoms with E-state index in [1.54, 1.807) is 0 Å². The van der Waals surface area contributed by atoms with Crippen molar-refractivity contribution in [3.63, 3.8) is 0 Å². The minimum atomic E-state index is 1.11. The fourth-order valence-corrected chi connectivity index (χ4v) is 3.36. The van der Waals surface area contributed by atoms with Gasteiger partial charge in [0.15, 0.2) is 0 Å². The van der Waals surface area contributed by atoms with Gasteiger partial charge in [-0.3, -0.25) is 4.98 Å². The van der Waals surface area contributed by atoms with Crippen molar-refractivity contribution in [1.29, 1.82) is 0 Å². The minimum Gasteiger partial charge on any atom is -0.256 e. The lowest BCUT2D eigenvalue weighted by Crippen LogP contribution is -1.86. The number of fused-ring (bicyclic) bond motifs is 1. The molecule has 0 unspecified atom stereocenters. The van der Waals surface area contributed by atoms with Gasteiger partial charge in [0, 0.05) is 21.8 Å². The van der Waals surface area contributed by atoms with Gasteiger partial charge in [-0.05, 0) is 43.2 Å². The highest BCUT2D eigenvalue weighted by molar-refractivity contribution is 9.09. The van der Waals surface area contributed by atoms with Gasteiger partial charge in [-0.1, -0.05) is 34.5 Å². The fraction of sp³-hybridized carbons (Fsp3) is 0.400. The van der Waals surface area contributed by atoms with Crippen molar-refractivity contribution in [1.82, 2.24) is 4.98 Å². The Bertz CT molecular complexity index is 513. The van der Waals surface area contributed by atoms with Gasteiger partial charge >= 0.3 is 0 Å². The maximum absolute atomic E-state index is 4.44. The molecule has 0 radical (unpaired) electrons. The van der Waals surface area contributed by atoms with Crippen molar-refractivity contribution >= 4 is 38.6 Å². The van der Waals surface area contributed by atoms with Gasteiger partial charge in [-0.2, -0.15) is 0 Å². The summed E-state index contributed by atoms with van der Waals surface area (Å²) >= 11 is 5.42. The summed E-state index contributed by atoms with van der Waals surface area (Å²) in [5, 5.41) is 2.41. The number of hydrogen-bond acceptors (Lipinski definition) is 2. The molecular formula is C15H18BrNS. The lowest BCUT2D eigenvalue weighted by atomic mass is 10.1. The lowest BCUT2D eigenvalue weighted by molar-refractivity contribution is 0.789. The van der Waals surface area contributed by atoms with Crippen LogP contribution in [-0.4, -0.2) is 16.1 Å². The SMILES string of the molecule is Cc1ccc2c(SCCCCCBr)ccnc2c1. The molecule has 0 atom stereocenters. The molecule has 1 heterocycles. The van der Waals surface area contributed by atoms with E-state index in [1.165, 1.54) is 40.9 Å². The highest BCUT2D eigenvalue weighted by Crippen LogP contribution is 2.27. The van der Waals surface area contributed by atoms with Crippen molar-refractivity contribution in [2.45, 2.75) is 31.1 Å². The third kappa shape index (κ3) is 3.72. The van der Waals surface area contributed by atoms with Crippen LogP contribution in [0.1, 0.15) is 24.8 Å². The Hall–Kier alpha value is -0.540. The highest BCUT2D eigenvalue weighted by Gasteiger charge is 2.02. The summed E-state index contributed by atoms with van der Waals surface area (Å²) in [5.41, 5.74) is 2.38. The molecule has 0 saturated carbocycles. The van der Waals surface area contributed by atoms with Crippen LogP contribution in [0.4, 0.5) is 0 Å². The van der Waals surface area contributed by atoms with Gasteiger partial charge in [0.1, 0.15) is 0 Å². The van der Waals surface area contributed by atoms with E-state index in [4.69, 9.17) is 0 Å². The van der Waals surface area contributed by atoms with E-state index in [-0.39, 0.29) is 0 Å². The molecule has 0 aliphatic rings. The van der Waals surface area contributed by atoms with Gasteiger partial charge in [-0.25, -0.2) is 0 Å². The molecular weight excluding hydrogens is 306 g/mol. The van der Waals surface area contributed by atoms with E-state index in [0.29, 0.717) is 0 Å². The molecule has 0 aliphatic heterocycles. The van der Waals surface area contributed by atoms with Crippen LogP contribution in [0.15, 0.2) is 35.4 Å². The summed E-state index contributed by atoms with van der Waals surface area (Å²) in [6.45, 7) is 2.11. The van der Waals surface area contributed by atoms with Crippen molar-refractivity contribution in [3.8, 4) is 0 Å². The predicted molar refractivity (Wildman–Crippen MR) is 84.8 cm³/mol. The van der Waals surface area contributed by atoms with E-state index >= 15 is 0 Å². The minimum absolute atomic E-state index is 1.11. The predicted octanol–water partition coefficient (Wildman–Crippen LogP) is 5.20. The Morgan fingerprint density at radius 3 is 2.89 bits per heavy atom. The maximum Gasteiger partial charge on any atom is 0.0715 e. The first-order chi connectivity index (χ1) is 8.81. The number of unbranched alkanes of at least 4 members (excludes halogenated alkanes) is 2. The van der Waals surface area contributed by atoms with Gasteiger partial charge in [0.2, 0.25) is 0 Å². The average Bonchev–Trinajstić information content (AvgIpc) is 2.38. The second kappa shape index (κ2) is 7.15. The Morgan fingerprint density at radius 2 is 2.06 bits per heavy atom. The lowest BCUT2D eigenvalue weighted by Gasteiger charge is -2.06. The Balaban J connectivity index is 2.04. The van der Waals surface area contributed by atoms with Crippen LogP contribution in [0, 0.1) is 6.92 Å². The number of pyridine rings is 1. The van der Waals surface area contributed by atoms with Crippen LogP contribution in [0.2, 0.25) is 0 Å². The van der Waals surface area contributed by atoms with Crippen LogP contribution in [0.3, 0.4) is 0 Å². The average molecular weight is 324 g/mol. The monoisotopic (exact) mass is 323 g/mol. The molecule has 96 valence electrons. The summed E-state index contributed by atoms with van der Waals surface area (Å²) in [6.07, 6.45) is 5.78. The number of thioether (sulfide) groups is 1. The summed E-state index contributed by atoms with van der Waals surface area (Å²) in [6, 6.07) is 8.65. The van der Waals surface area contributed by atoms with Crippen LogP contribution < -0.4 is 0 Å². The zero-order valence-corrected chi connectivity index (χ0v) is 13.1. The molecule has 0 saturated heterocycles. The van der Waals surface area contributed by atoms with Gasteiger partial charge in [0.25, 0.3) is 0 Å². The normalized spacial score (nSPS) is 11.0. The second-order valence-electron chi connectivity index (χ2n) is 4.43. The Kier molecular flexibility index (Phi) is 5.51. The number of aryl methyl sites for hydroxylation is 1. The standard InChI is InChI=1S/C15H18BrNS/c1-12-5-6-13-14(11-12)17-9-7-15(13)18-10-4-2-3-8-16/h5-7,9,11H,2-4,8,10H2,1H3. The quantitative estimate of drug-likeness (QED) is 0.411. The molecule has 1 aromatic heterocycles.